The van der Waals surface area contributed by atoms with Crippen LogP contribution in [-0.2, 0) is 0 Å². The van der Waals surface area contributed by atoms with Crippen molar-refractivity contribution in [2.45, 2.75) is 23.8 Å². The van der Waals surface area contributed by atoms with Crippen molar-refractivity contribution in [3.8, 4) is 0 Å². The van der Waals surface area contributed by atoms with Crippen molar-refractivity contribution >= 4 is 28.6 Å². The van der Waals surface area contributed by atoms with E-state index in [4.69, 9.17) is 0 Å². The number of aromatic nitrogens is 2. The molecule has 26 heavy (non-hydrogen) atoms. The van der Waals surface area contributed by atoms with Gasteiger partial charge in [0.05, 0.1) is 5.52 Å². The Balaban J connectivity index is 1.33. The fraction of sp³-hybridized carbons (Fsp3) is 0.300. The summed E-state index contributed by atoms with van der Waals surface area (Å²) in [6, 6.07) is 16.6. The maximum absolute atomic E-state index is 12.4. The van der Waals surface area contributed by atoms with Crippen LogP contribution < -0.4 is 10.6 Å². The van der Waals surface area contributed by atoms with Crippen LogP contribution in [0.4, 0.5) is 0 Å². The average molecular weight is 366 g/mol. The van der Waals surface area contributed by atoms with Crippen molar-refractivity contribution in [1.82, 2.24) is 20.8 Å². The SMILES string of the molecule is O=C(NCCNC1CCCSc2ccccc21)c1n[nH]c2ccccc12. The van der Waals surface area contributed by atoms with Crippen molar-refractivity contribution < 1.29 is 4.79 Å². The minimum Gasteiger partial charge on any atom is -0.349 e. The van der Waals surface area contributed by atoms with Gasteiger partial charge in [0.2, 0.25) is 0 Å². The Hall–Kier alpha value is -2.31. The second-order valence-electron chi connectivity index (χ2n) is 6.41. The fourth-order valence-corrected chi connectivity index (χ4v) is 4.46. The normalized spacial score (nSPS) is 16.8. The van der Waals surface area contributed by atoms with Crippen LogP contribution in [0.25, 0.3) is 10.9 Å². The van der Waals surface area contributed by atoms with Gasteiger partial charge < -0.3 is 10.6 Å². The summed E-state index contributed by atoms with van der Waals surface area (Å²) >= 11 is 1.94. The Bertz CT molecular complexity index is 907. The van der Waals surface area contributed by atoms with Crippen LogP contribution in [0.1, 0.15) is 34.9 Å². The largest absolute Gasteiger partial charge is 0.349 e. The van der Waals surface area contributed by atoms with Gasteiger partial charge in [0.1, 0.15) is 0 Å². The Kier molecular flexibility index (Phi) is 5.22. The molecule has 1 aliphatic heterocycles. The molecule has 3 aromatic rings. The number of aromatic amines is 1. The standard InChI is InChI=1S/C20H22N4OS/c25-20(19-15-7-1-3-8-17(15)23-24-19)22-12-11-21-16-9-5-13-26-18-10-4-2-6-14(16)18/h1-4,6-8,10,16,21H,5,9,11-13H2,(H,22,25)(H,23,24). The number of rotatable bonds is 5. The first-order valence-corrected chi connectivity index (χ1v) is 9.98. The van der Waals surface area contributed by atoms with Gasteiger partial charge in [-0.2, -0.15) is 5.10 Å². The third kappa shape index (κ3) is 3.61. The minimum atomic E-state index is -0.138. The van der Waals surface area contributed by atoms with Gasteiger partial charge in [-0.15, -0.1) is 11.8 Å². The number of carbonyl (C=O) groups excluding carboxylic acids is 1. The summed E-state index contributed by atoms with van der Waals surface area (Å²) in [5.74, 6) is 1.03. The number of benzene rings is 2. The molecule has 1 unspecified atom stereocenters. The highest BCUT2D eigenvalue weighted by Gasteiger charge is 2.18. The van der Waals surface area contributed by atoms with Gasteiger partial charge in [-0.1, -0.05) is 36.4 Å². The molecule has 0 aliphatic carbocycles. The Morgan fingerprint density at radius 2 is 2.00 bits per heavy atom. The summed E-state index contributed by atoms with van der Waals surface area (Å²) in [6.07, 6.45) is 2.32. The van der Waals surface area contributed by atoms with Crippen molar-refractivity contribution in [2.24, 2.45) is 0 Å². The van der Waals surface area contributed by atoms with Crippen molar-refractivity contribution in [3.05, 3.63) is 59.8 Å². The molecular formula is C20H22N4OS. The van der Waals surface area contributed by atoms with E-state index >= 15 is 0 Å². The number of thioether (sulfide) groups is 1. The summed E-state index contributed by atoms with van der Waals surface area (Å²) in [5.41, 5.74) is 2.71. The molecule has 2 heterocycles. The van der Waals surface area contributed by atoms with Gasteiger partial charge in [0.15, 0.2) is 5.69 Å². The number of amides is 1. The smallest absolute Gasteiger partial charge is 0.272 e. The monoisotopic (exact) mass is 366 g/mol. The van der Waals surface area contributed by atoms with Crippen molar-refractivity contribution in [2.75, 3.05) is 18.8 Å². The zero-order chi connectivity index (χ0) is 17.8. The molecule has 0 bridgehead atoms. The zero-order valence-electron chi connectivity index (χ0n) is 14.5. The van der Waals surface area contributed by atoms with E-state index in [1.54, 1.807) is 0 Å². The Morgan fingerprint density at radius 1 is 1.15 bits per heavy atom. The topological polar surface area (TPSA) is 69.8 Å². The number of nitrogens with zero attached hydrogens (tertiary/aromatic N) is 1. The predicted octanol–water partition coefficient (Wildman–Crippen LogP) is 3.51. The van der Waals surface area contributed by atoms with Gasteiger partial charge in [0.25, 0.3) is 5.91 Å². The predicted molar refractivity (Wildman–Crippen MR) is 106 cm³/mol. The second-order valence-corrected chi connectivity index (χ2v) is 7.55. The highest BCUT2D eigenvalue weighted by atomic mass is 32.2. The molecule has 0 spiro atoms. The van der Waals surface area contributed by atoms with Crippen LogP contribution in [0.3, 0.4) is 0 Å². The molecule has 1 aliphatic rings. The fourth-order valence-electron chi connectivity index (χ4n) is 3.38. The first kappa shape index (κ1) is 17.1. The molecule has 0 saturated heterocycles. The maximum Gasteiger partial charge on any atom is 0.272 e. The lowest BCUT2D eigenvalue weighted by Crippen LogP contribution is -2.34. The third-order valence-electron chi connectivity index (χ3n) is 4.68. The molecule has 0 saturated carbocycles. The van der Waals surface area contributed by atoms with E-state index < -0.39 is 0 Å². The summed E-state index contributed by atoms with van der Waals surface area (Å²) < 4.78 is 0. The molecule has 0 radical (unpaired) electrons. The van der Waals surface area contributed by atoms with Gasteiger partial charge >= 0.3 is 0 Å². The number of para-hydroxylation sites is 1. The molecule has 3 N–H and O–H groups in total. The zero-order valence-corrected chi connectivity index (χ0v) is 15.3. The molecule has 0 fully saturated rings. The number of hydrogen-bond donors (Lipinski definition) is 3. The summed E-state index contributed by atoms with van der Waals surface area (Å²) in [6.45, 7) is 1.31. The number of nitrogens with one attached hydrogen (secondary N) is 3. The molecule has 6 heteroatoms. The lowest BCUT2D eigenvalue weighted by Gasteiger charge is -2.19. The molecule has 1 aromatic heterocycles. The quantitative estimate of drug-likeness (QED) is 0.605. The van der Waals surface area contributed by atoms with Gasteiger partial charge in [-0.3, -0.25) is 9.89 Å². The minimum absolute atomic E-state index is 0.138. The Labute approximate surface area is 157 Å². The first-order chi connectivity index (χ1) is 12.8. The van der Waals surface area contributed by atoms with E-state index in [9.17, 15) is 4.79 Å². The van der Waals surface area contributed by atoms with E-state index in [1.165, 1.54) is 16.9 Å². The first-order valence-electron chi connectivity index (χ1n) is 8.99. The lowest BCUT2D eigenvalue weighted by molar-refractivity contribution is 0.0950. The van der Waals surface area contributed by atoms with Gasteiger partial charge in [-0.05, 0) is 36.3 Å². The molecule has 134 valence electrons. The molecule has 1 amide bonds. The molecule has 5 nitrogen and oxygen atoms in total. The molecule has 4 rings (SSSR count). The summed E-state index contributed by atoms with van der Waals surface area (Å²) in [4.78, 5) is 13.8. The summed E-state index contributed by atoms with van der Waals surface area (Å²) in [7, 11) is 0. The Morgan fingerprint density at radius 3 is 2.96 bits per heavy atom. The van der Waals surface area contributed by atoms with Gasteiger partial charge in [-0.25, -0.2) is 0 Å². The number of H-pyrrole nitrogens is 1. The van der Waals surface area contributed by atoms with E-state index in [-0.39, 0.29) is 5.91 Å². The lowest BCUT2D eigenvalue weighted by atomic mass is 10.0. The van der Waals surface area contributed by atoms with Gasteiger partial charge in [0, 0.05) is 29.4 Å². The highest BCUT2D eigenvalue weighted by molar-refractivity contribution is 7.99. The van der Waals surface area contributed by atoms with Crippen LogP contribution >= 0.6 is 11.8 Å². The van der Waals surface area contributed by atoms with E-state index in [0.29, 0.717) is 18.3 Å². The molecule has 2 aromatic carbocycles. The average Bonchev–Trinajstić information content (AvgIpc) is 3.00. The third-order valence-corrected chi connectivity index (χ3v) is 5.85. The van der Waals surface area contributed by atoms with Crippen LogP contribution in [-0.4, -0.2) is 34.9 Å². The second kappa shape index (κ2) is 7.93. The van der Waals surface area contributed by atoms with Crippen LogP contribution in [0, 0.1) is 0 Å². The number of fused-ring (bicyclic) bond motifs is 2. The van der Waals surface area contributed by atoms with Crippen LogP contribution in [0.15, 0.2) is 53.4 Å². The van der Waals surface area contributed by atoms with Crippen molar-refractivity contribution in [3.63, 3.8) is 0 Å². The van der Waals surface area contributed by atoms with E-state index in [1.807, 2.05) is 36.0 Å². The van der Waals surface area contributed by atoms with E-state index in [2.05, 4.69) is 45.1 Å². The number of hydrogen-bond acceptors (Lipinski definition) is 4. The number of carbonyl (C=O) groups is 1. The highest BCUT2D eigenvalue weighted by Crippen LogP contribution is 2.34. The van der Waals surface area contributed by atoms with Crippen LogP contribution in [0.5, 0.6) is 0 Å². The van der Waals surface area contributed by atoms with E-state index in [0.717, 1.165) is 29.6 Å². The summed E-state index contributed by atoms with van der Waals surface area (Å²) in [5, 5.41) is 14.5. The molecule has 1 atom stereocenters. The molecular weight excluding hydrogens is 344 g/mol. The maximum atomic E-state index is 12.4. The van der Waals surface area contributed by atoms with Crippen LogP contribution in [0.2, 0.25) is 0 Å². The van der Waals surface area contributed by atoms with Crippen molar-refractivity contribution in [1.29, 1.82) is 0 Å².